The van der Waals surface area contributed by atoms with Crippen LogP contribution in [0.3, 0.4) is 0 Å². The minimum absolute atomic E-state index is 0.102. The van der Waals surface area contributed by atoms with E-state index in [0.29, 0.717) is 11.8 Å². The molecule has 2 saturated carbocycles. The Bertz CT molecular complexity index is 993. The maximum absolute atomic E-state index is 13.7. The van der Waals surface area contributed by atoms with Crippen LogP contribution in [0.1, 0.15) is 44.6 Å². The number of fused-ring (bicyclic) bond motifs is 1. The van der Waals surface area contributed by atoms with Gasteiger partial charge in [0.2, 0.25) is 0 Å². The van der Waals surface area contributed by atoms with E-state index in [1.807, 2.05) is 12.1 Å². The largest absolute Gasteiger partial charge is 0.340 e. The number of guanidine groups is 1. The van der Waals surface area contributed by atoms with E-state index in [1.54, 1.807) is 12.1 Å². The van der Waals surface area contributed by atoms with Crippen molar-refractivity contribution in [2.45, 2.75) is 56.7 Å². The molecule has 5 rings (SSSR count). The van der Waals surface area contributed by atoms with Crippen molar-refractivity contribution in [1.29, 1.82) is 5.53 Å². The number of likely N-dealkylation sites (N-methyl/N-ethyl adjacent to an activating group) is 1. The first-order chi connectivity index (χ1) is 16.4. The Hall–Kier alpha value is -2.61. The Morgan fingerprint density at radius 2 is 2.09 bits per heavy atom. The number of piperazine rings is 1. The summed E-state index contributed by atoms with van der Waals surface area (Å²) < 4.78 is 13.7. The Morgan fingerprint density at radius 1 is 1.29 bits per heavy atom. The smallest absolute Gasteiger partial charge is 0.200 e. The molecule has 0 spiro atoms. The summed E-state index contributed by atoms with van der Waals surface area (Å²) in [5, 5.41) is 7.47. The van der Waals surface area contributed by atoms with Gasteiger partial charge in [0.15, 0.2) is 5.96 Å². The second-order valence-corrected chi connectivity index (χ2v) is 10.5. The van der Waals surface area contributed by atoms with E-state index in [-0.39, 0.29) is 23.4 Å². The molecular weight excluding hydrogens is 429 g/mol. The zero-order chi connectivity index (χ0) is 23.7. The molecule has 1 saturated heterocycles. The molecule has 1 aromatic rings. The normalized spacial score (nSPS) is 30.3. The molecule has 4 atom stereocenters. The zero-order valence-electron chi connectivity index (χ0n) is 20.3. The van der Waals surface area contributed by atoms with Gasteiger partial charge < -0.3 is 15.1 Å². The lowest BCUT2D eigenvalue weighted by Gasteiger charge is -2.35. The third-order valence-electron chi connectivity index (χ3n) is 7.64. The number of amidine groups is 1. The lowest BCUT2D eigenvalue weighted by atomic mass is 10.1. The highest BCUT2D eigenvalue weighted by Gasteiger charge is 2.54. The summed E-state index contributed by atoms with van der Waals surface area (Å²) in [5.41, 5.74) is 8.16. The summed E-state index contributed by atoms with van der Waals surface area (Å²) in [7, 11) is 2.15. The number of halogens is 1. The van der Waals surface area contributed by atoms with Crippen LogP contribution in [0.5, 0.6) is 0 Å². The van der Waals surface area contributed by atoms with Crippen molar-refractivity contribution in [3.63, 3.8) is 0 Å². The van der Waals surface area contributed by atoms with Crippen LogP contribution in [0.4, 0.5) is 4.39 Å². The van der Waals surface area contributed by atoms with Gasteiger partial charge in [0.1, 0.15) is 11.7 Å². The molecule has 0 aromatic heterocycles. The highest BCUT2D eigenvalue weighted by Crippen LogP contribution is 2.52. The van der Waals surface area contributed by atoms with Crippen LogP contribution >= 0.6 is 0 Å². The summed E-state index contributed by atoms with van der Waals surface area (Å²) in [6.45, 7) is 6.01. The lowest BCUT2D eigenvalue weighted by molar-refractivity contribution is 0.212. The van der Waals surface area contributed by atoms with E-state index in [4.69, 9.17) is 15.5 Å². The molecule has 0 radical (unpaired) electrons. The monoisotopic (exact) mass is 465 g/mol. The van der Waals surface area contributed by atoms with E-state index in [2.05, 4.69) is 40.3 Å². The third kappa shape index (κ3) is 5.37. The van der Waals surface area contributed by atoms with Crippen molar-refractivity contribution in [2.24, 2.45) is 26.9 Å². The first-order valence-corrected chi connectivity index (χ1v) is 12.6. The van der Waals surface area contributed by atoms with Crippen molar-refractivity contribution in [2.75, 3.05) is 33.2 Å². The molecule has 8 heteroatoms. The fourth-order valence-electron chi connectivity index (χ4n) is 5.21. The quantitative estimate of drug-likeness (QED) is 0.593. The molecular formula is C26H36FN7. The van der Waals surface area contributed by atoms with Gasteiger partial charge >= 0.3 is 0 Å². The minimum Gasteiger partial charge on any atom is -0.340 e. The van der Waals surface area contributed by atoms with Crippen LogP contribution in [0.25, 0.3) is 6.08 Å². The number of nitrogens with one attached hydrogen (secondary N) is 2. The van der Waals surface area contributed by atoms with Gasteiger partial charge in [-0.25, -0.2) is 14.9 Å². The molecule has 34 heavy (non-hydrogen) atoms. The zero-order valence-corrected chi connectivity index (χ0v) is 20.3. The average molecular weight is 466 g/mol. The predicted molar refractivity (Wildman–Crippen MR) is 134 cm³/mol. The van der Waals surface area contributed by atoms with Gasteiger partial charge in [-0.2, -0.15) is 5.11 Å². The topological polar surface area (TPSA) is 79.4 Å². The molecule has 1 aromatic carbocycles. The maximum atomic E-state index is 13.7. The first-order valence-electron chi connectivity index (χ1n) is 12.6. The summed E-state index contributed by atoms with van der Waals surface area (Å²) in [4.78, 5) is 15.0. The van der Waals surface area contributed by atoms with Gasteiger partial charge in [-0.1, -0.05) is 24.3 Å². The number of nitrogens with zero attached hydrogens (tertiary/aromatic N) is 5. The van der Waals surface area contributed by atoms with E-state index in [9.17, 15) is 4.39 Å². The van der Waals surface area contributed by atoms with Crippen LogP contribution in [-0.2, 0) is 0 Å². The molecule has 0 amide bonds. The third-order valence-corrected chi connectivity index (χ3v) is 7.64. The molecule has 3 fully saturated rings. The fraction of sp³-hybridized carbons (Fsp3) is 0.615. The van der Waals surface area contributed by atoms with Gasteiger partial charge in [0.25, 0.3) is 0 Å². The molecule has 2 aliphatic carbocycles. The van der Waals surface area contributed by atoms with E-state index in [1.165, 1.54) is 18.9 Å². The molecule has 2 heterocycles. The number of benzene rings is 1. The number of hydrogen-bond acceptors (Lipinski definition) is 6. The van der Waals surface area contributed by atoms with Crippen molar-refractivity contribution in [3.05, 3.63) is 41.7 Å². The Kier molecular flexibility index (Phi) is 6.51. The first kappa shape index (κ1) is 23.1. The second-order valence-electron chi connectivity index (χ2n) is 10.5. The van der Waals surface area contributed by atoms with Gasteiger partial charge in [-0.15, -0.1) is 0 Å². The van der Waals surface area contributed by atoms with Crippen molar-refractivity contribution >= 4 is 17.9 Å². The van der Waals surface area contributed by atoms with Crippen LogP contribution < -0.4 is 5.32 Å². The maximum Gasteiger partial charge on any atom is 0.200 e. The molecule has 4 unspecified atom stereocenters. The molecule has 0 bridgehead atoms. The SMILES string of the molecule is CC(CC(N=N)C1CC1)N=C1CC2CC2(C=Cc2cccc(F)c2)N=C(N2CCN(C)CC2)N1. The number of rotatable bonds is 7. The molecule has 182 valence electrons. The lowest BCUT2D eigenvalue weighted by Crippen LogP contribution is -2.52. The van der Waals surface area contributed by atoms with Gasteiger partial charge in [0, 0.05) is 32.6 Å². The van der Waals surface area contributed by atoms with Crippen molar-refractivity contribution in [1.82, 2.24) is 15.1 Å². The highest BCUT2D eigenvalue weighted by atomic mass is 19.1. The number of aliphatic imine (C=N–C) groups is 2. The van der Waals surface area contributed by atoms with Crippen molar-refractivity contribution in [3.8, 4) is 0 Å². The Labute approximate surface area is 201 Å². The average Bonchev–Trinajstić information content (AvgIpc) is 3.72. The van der Waals surface area contributed by atoms with Crippen LogP contribution in [0.15, 0.2) is 45.4 Å². The summed E-state index contributed by atoms with van der Waals surface area (Å²) in [5.74, 6) is 2.65. The van der Waals surface area contributed by atoms with E-state index < -0.39 is 0 Å². The van der Waals surface area contributed by atoms with Crippen molar-refractivity contribution < 1.29 is 4.39 Å². The highest BCUT2D eigenvalue weighted by molar-refractivity contribution is 6.01. The van der Waals surface area contributed by atoms with Gasteiger partial charge in [-0.3, -0.25) is 4.99 Å². The standard InChI is InChI=1S/C26H36FN7/c1-18(14-23(32-28)20-6-7-20)29-24-16-21-17-26(21,9-8-19-4-3-5-22(27)15-19)31-25(30-24)34-12-10-33(2)11-13-34/h3-5,8-9,15,18,20-21,23,28H,6-7,10-14,16-17H2,1-2H3,(H,29,30,31). The van der Waals surface area contributed by atoms with Gasteiger partial charge in [0.05, 0.1) is 17.6 Å². The van der Waals surface area contributed by atoms with Crippen LogP contribution in [0, 0.1) is 23.2 Å². The number of hydrogen-bond donors (Lipinski definition) is 2. The van der Waals surface area contributed by atoms with E-state index >= 15 is 0 Å². The van der Waals surface area contributed by atoms with Gasteiger partial charge in [-0.05, 0) is 69.2 Å². The second kappa shape index (κ2) is 9.56. The summed E-state index contributed by atoms with van der Waals surface area (Å²) in [6.07, 6.45) is 9.22. The predicted octanol–water partition coefficient (Wildman–Crippen LogP) is 4.18. The van der Waals surface area contributed by atoms with E-state index in [0.717, 1.165) is 62.8 Å². The Balaban J connectivity index is 1.36. The van der Waals surface area contributed by atoms with Crippen LogP contribution in [0.2, 0.25) is 0 Å². The van der Waals surface area contributed by atoms with Crippen LogP contribution in [-0.4, -0.2) is 72.4 Å². The summed E-state index contributed by atoms with van der Waals surface area (Å²) in [6, 6.07) is 6.92. The molecule has 2 aliphatic heterocycles. The summed E-state index contributed by atoms with van der Waals surface area (Å²) >= 11 is 0. The molecule has 7 nitrogen and oxygen atoms in total. The molecule has 2 N–H and O–H groups in total. The Morgan fingerprint density at radius 3 is 2.79 bits per heavy atom. The fourth-order valence-corrected chi connectivity index (χ4v) is 5.21. The molecule has 4 aliphatic rings. The minimum atomic E-state index is -0.258.